The fourth-order valence-electron chi connectivity index (χ4n) is 3.21. The van der Waals surface area contributed by atoms with Crippen molar-refractivity contribution < 1.29 is 9.90 Å². The molecule has 0 atom stereocenters. The van der Waals surface area contributed by atoms with E-state index in [1.165, 1.54) is 24.2 Å². The van der Waals surface area contributed by atoms with Crippen LogP contribution in [0.3, 0.4) is 0 Å². The van der Waals surface area contributed by atoms with E-state index in [0.717, 1.165) is 41.6 Å². The molecule has 0 aliphatic heterocycles. The molecule has 0 aromatic carbocycles. The van der Waals surface area contributed by atoms with E-state index in [1.807, 2.05) is 24.7 Å². The first kappa shape index (κ1) is 15.5. The first-order chi connectivity index (χ1) is 10.5. The summed E-state index contributed by atoms with van der Waals surface area (Å²) in [5.74, 6) is -0.0988. The molecule has 2 heterocycles. The molecular formula is C16H23N3O2S. The number of amides is 1. The summed E-state index contributed by atoms with van der Waals surface area (Å²) in [6, 6.07) is 1.90. The van der Waals surface area contributed by atoms with Gasteiger partial charge in [0.25, 0.3) is 5.91 Å². The highest BCUT2D eigenvalue weighted by Gasteiger charge is 2.28. The lowest BCUT2D eigenvalue weighted by Crippen LogP contribution is -2.42. The Morgan fingerprint density at radius 2 is 2.09 bits per heavy atom. The molecule has 1 aliphatic rings. The van der Waals surface area contributed by atoms with Crippen molar-refractivity contribution in [2.75, 3.05) is 6.54 Å². The molecule has 3 rings (SSSR count). The Balaban J connectivity index is 1.69. The van der Waals surface area contributed by atoms with E-state index in [1.54, 1.807) is 0 Å². The molecule has 0 spiro atoms. The maximum atomic E-state index is 12.4. The smallest absolute Gasteiger partial charge is 0.261 e. The number of carbonyl (C=O) groups excluding carboxylic acids is 1. The molecule has 120 valence electrons. The van der Waals surface area contributed by atoms with Gasteiger partial charge in [-0.25, -0.2) is 0 Å². The fourth-order valence-corrected chi connectivity index (χ4v) is 4.25. The second kappa shape index (κ2) is 6.01. The molecule has 1 aliphatic carbocycles. The van der Waals surface area contributed by atoms with Crippen LogP contribution in [0.25, 0.3) is 10.2 Å². The summed E-state index contributed by atoms with van der Waals surface area (Å²) in [7, 11) is 1.89. The highest BCUT2D eigenvalue weighted by Crippen LogP contribution is 2.29. The van der Waals surface area contributed by atoms with Gasteiger partial charge in [0.2, 0.25) is 0 Å². The van der Waals surface area contributed by atoms with Crippen LogP contribution < -0.4 is 5.32 Å². The summed E-state index contributed by atoms with van der Waals surface area (Å²) in [5.41, 5.74) is 0.204. The predicted octanol–water partition coefficient (Wildman–Crippen LogP) is 2.76. The molecule has 1 amide bonds. The molecule has 2 aromatic heterocycles. The van der Waals surface area contributed by atoms with Crippen molar-refractivity contribution in [1.29, 1.82) is 0 Å². The van der Waals surface area contributed by atoms with Gasteiger partial charge < -0.3 is 10.4 Å². The molecule has 0 radical (unpaired) electrons. The van der Waals surface area contributed by atoms with Crippen LogP contribution >= 0.6 is 11.3 Å². The summed E-state index contributed by atoms with van der Waals surface area (Å²) in [6.45, 7) is 2.29. The predicted molar refractivity (Wildman–Crippen MR) is 88.3 cm³/mol. The van der Waals surface area contributed by atoms with Gasteiger partial charge in [0.05, 0.1) is 16.2 Å². The highest BCUT2D eigenvalue weighted by molar-refractivity contribution is 7.20. The third-order valence-corrected chi connectivity index (χ3v) is 5.73. The van der Waals surface area contributed by atoms with Crippen LogP contribution in [-0.4, -0.2) is 32.9 Å². The minimum Gasteiger partial charge on any atom is -0.388 e. The summed E-state index contributed by atoms with van der Waals surface area (Å²) >= 11 is 1.45. The number of hydrogen-bond acceptors (Lipinski definition) is 4. The Morgan fingerprint density at radius 1 is 1.41 bits per heavy atom. The van der Waals surface area contributed by atoms with Crippen LogP contribution in [0, 0.1) is 6.92 Å². The van der Waals surface area contributed by atoms with Gasteiger partial charge in [-0.05, 0) is 25.8 Å². The normalized spacial score (nSPS) is 18.3. The molecular weight excluding hydrogens is 298 g/mol. The van der Waals surface area contributed by atoms with Gasteiger partial charge in [-0.15, -0.1) is 11.3 Å². The SMILES string of the molecule is Cc1nn(C)c2sc(C(=O)NCC3(O)CCCCCC3)cc12. The van der Waals surface area contributed by atoms with Gasteiger partial charge in [-0.1, -0.05) is 25.7 Å². The highest BCUT2D eigenvalue weighted by atomic mass is 32.1. The van der Waals surface area contributed by atoms with Gasteiger partial charge >= 0.3 is 0 Å². The van der Waals surface area contributed by atoms with Crippen molar-refractivity contribution in [3.05, 3.63) is 16.6 Å². The van der Waals surface area contributed by atoms with E-state index in [9.17, 15) is 9.90 Å². The van der Waals surface area contributed by atoms with Gasteiger partial charge in [0.15, 0.2) is 0 Å². The third-order valence-electron chi connectivity index (χ3n) is 4.53. The standard InChI is InChI=1S/C16H23N3O2S/c1-11-12-9-13(22-15(12)19(2)18-11)14(20)17-10-16(21)7-5-3-4-6-8-16/h9,21H,3-8,10H2,1-2H3,(H,17,20). The molecule has 0 bridgehead atoms. The Labute approximate surface area is 134 Å². The number of aromatic nitrogens is 2. The van der Waals surface area contributed by atoms with Crippen LogP contribution in [0.4, 0.5) is 0 Å². The van der Waals surface area contributed by atoms with Gasteiger partial charge in [-0.2, -0.15) is 5.10 Å². The average Bonchev–Trinajstić information content (AvgIpc) is 2.95. The number of carbonyl (C=O) groups is 1. The van der Waals surface area contributed by atoms with Gasteiger partial charge in [-0.3, -0.25) is 9.48 Å². The van der Waals surface area contributed by atoms with Crippen molar-refractivity contribution in [2.45, 2.75) is 51.0 Å². The summed E-state index contributed by atoms with van der Waals surface area (Å²) < 4.78 is 1.81. The van der Waals surface area contributed by atoms with Gasteiger partial charge in [0.1, 0.15) is 4.83 Å². The number of rotatable bonds is 3. The molecule has 1 fully saturated rings. The maximum Gasteiger partial charge on any atom is 0.261 e. The lowest BCUT2D eigenvalue weighted by Gasteiger charge is -2.26. The van der Waals surface area contributed by atoms with E-state index in [0.29, 0.717) is 11.4 Å². The summed E-state index contributed by atoms with van der Waals surface area (Å²) in [4.78, 5) is 14.1. The van der Waals surface area contributed by atoms with Crippen LogP contribution in [0.1, 0.15) is 53.9 Å². The van der Waals surface area contributed by atoms with Crippen molar-refractivity contribution >= 4 is 27.5 Å². The van der Waals surface area contributed by atoms with E-state index in [-0.39, 0.29) is 5.91 Å². The molecule has 22 heavy (non-hydrogen) atoms. The maximum absolute atomic E-state index is 12.4. The third kappa shape index (κ3) is 3.03. The quantitative estimate of drug-likeness (QED) is 0.854. The number of aliphatic hydroxyl groups is 1. The largest absolute Gasteiger partial charge is 0.388 e. The van der Waals surface area contributed by atoms with E-state index in [4.69, 9.17) is 0 Å². The van der Waals surface area contributed by atoms with E-state index < -0.39 is 5.60 Å². The summed E-state index contributed by atoms with van der Waals surface area (Å²) in [6.07, 6.45) is 6.00. The number of hydrogen-bond donors (Lipinski definition) is 2. The van der Waals surface area contributed by atoms with Crippen molar-refractivity contribution in [3.8, 4) is 0 Å². The molecule has 5 nitrogen and oxygen atoms in total. The zero-order valence-corrected chi connectivity index (χ0v) is 14.0. The number of nitrogens with zero attached hydrogens (tertiary/aromatic N) is 2. The number of aryl methyl sites for hydroxylation is 2. The lowest BCUT2D eigenvalue weighted by atomic mass is 9.94. The molecule has 1 saturated carbocycles. The first-order valence-electron chi connectivity index (χ1n) is 7.92. The first-order valence-corrected chi connectivity index (χ1v) is 8.74. The van der Waals surface area contributed by atoms with Crippen LogP contribution in [0.15, 0.2) is 6.07 Å². The Bertz CT molecular complexity index is 646. The second-order valence-corrected chi connectivity index (χ2v) is 7.39. The fraction of sp³-hybridized carbons (Fsp3) is 0.625. The topological polar surface area (TPSA) is 67.2 Å². The van der Waals surface area contributed by atoms with Crippen LogP contribution in [-0.2, 0) is 7.05 Å². The molecule has 2 N–H and O–H groups in total. The zero-order chi connectivity index (χ0) is 15.7. The van der Waals surface area contributed by atoms with Gasteiger partial charge in [0, 0.05) is 19.0 Å². The lowest BCUT2D eigenvalue weighted by molar-refractivity contribution is 0.0247. The monoisotopic (exact) mass is 321 g/mol. The van der Waals surface area contributed by atoms with E-state index in [2.05, 4.69) is 10.4 Å². The van der Waals surface area contributed by atoms with Crippen molar-refractivity contribution in [2.24, 2.45) is 7.05 Å². The van der Waals surface area contributed by atoms with Crippen LogP contribution in [0.2, 0.25) is 0 Å². The second-order valence-electron chi connectivity index (χ2n) is 6.36. The number of fused-ring (bicyclic) bond motifs is 1. The Hall–Kier alpha value is -1.40. The van der Waals surface area contributed by atoms with Crippen molar-refractivity contribution in [3.63, 3.8) is 0 Å². The van der Waals surface area contributed by atoms with Crippen LogP contribution in [0.5, 0.6) is 0 Å². The molecule has 6 heteroatoms. The Morgan fingerprint density at radius 3 is 2.73 bits per heavy atom. The zero-order valence-electron chi connectivity index (χ0n) is 13.2. The van der Waals surface area contributed by atoms with Crippen molar-refractivity contribution in [1.82, 2.24) is 15.1 Å². The molecule has 0 unspecified atom stereocenters. The van der Waals surface area contributed by atoms with E-state index >= 15 is 0 Å². The minimum atomic E-state index is -0.736. The average molecular weight is 321 g/mol. The number of thiophene rings is 1. The molecule has 2 aromatic rings. The number of nitrogens with one attached hydrogen (secondary N) is 1. The minimum absolute atomic E-state index is 0.0988. The Kier molecular flexibility index (Phi) is 4.23. The summed E-state index contributed by atoms with van der Waals surface area (Å²) in [5, 5.41) is 18.9. The molecule has 0 saturated heterocycles.